The molecule has 2 atom stereocenters. The molecule has 3 rings (SSSR count). The number of carbonyl (C=O) groups excluding carboxylic acids is 1. The lowest BCUT2D eigenvalue weighted by Crippen LogP contribution is -2.47. The number of aryl methyl sites for hydroxylation is 1. The molecule has 0 aromatic heterocycles. The van der Waals surface area contributed by atoms with Gasteiger partial charge in [-0.2, -0.15) is 11.8 Å². The van der Waals surface area contributed by atoms with E-state index in [2.05, 4.69) is 30.2 Å². The van der Waals surface area contributed by atoms with Crippen molar-refractivity contribution in [3.8, 4) is 0 Å². The van der Waals surface area contributed by atoms with Crippen LogP contribution in [-0.2, 0) is 6.42 Å². The summed E-state index contributed by atoms with van der Waals surface area (Å²) in [6, 6.07) is 9.23. The van der Waals surface area contributed by atoms with Gasteiger partial charge in [-0.1, -0.05) is 25.5 Å². The van der Waals surface area contributed by atoms with Crippen LogP contribution in [0.15, 0.2) is 24.3 Å². The van der Waals surface area contributed by atoms with E-state index in [9.17, 15) is 4.79 Å². The molecule has 1 aromatic rings. The summed E-state index contributed by atoms with van der Waals surface area (Å²) in [6.07, 6.45) is 9.20. The average molecular weight is 303 g/mol. The maximum absolute atomic E-state index is 12.8. The largest absolute Gasteiger partial charge is 0.333 e. The first-order valence-corrected chi connectivity index (χ1v) is 9.46. The van der Waals surface area contributed by atoms with Gasteiger partial charge in [-0.3, -0.25) is 4.79 Å². The van der Waals surface area contributed by atoms with Crippen LogP contribution in [-0.4, -0.2) is 34.4 Å². The number of rotatable bonds is 4. The summed E-state index contributed by atoms with van der Waals surface area (Å²) < 4.78 is 0. The summed E-state index contributed by atoms with van der Waals surface area (Å²) in [6.45, 7) is 2.19. The third kappa shape index (κ3) is 2.98. The Labute approximate surface area is 132 Å². The van der Waals surface area contributed by atoms with Gasteiger partial charge in [-0.25, -0.2) is 0 Å². The van der Waals surface area contributed by atoms with E-state index in [1.54, 1.807) is 0 Å². The normalized spacial score (nSPS) is 27.9. The van der Waals surface area contributed by atoms with Gasteiger partial charge in [0.15, 0.2) is 0 Å². The minimum Gasteiger partial charge on any atom is -0.333 e. The predicted molar refractivity (Wildman–Crippen MR) is 90.0 cm³/mol. The highest BCUT2D eigenvalue weighted by Gasteiger charge is 2.43. The van der Waals surface area contributed by atoms with Crippen molar-refractivity contribution in [3.05, 3.63) is 35.4 Å². The molecule has 0 N–H and O–H groups in total. The second-order valence-electron chi connectivity index (χ2n) is 6.37. The third-order valence-electron chi connectivity index (χ3n) is 5.00. The van der Waals surface area contributed by atoms with Gasteiger partial charge in [-0.05, 0) is 56.1 Å². The minimum absolute atomic E-state index is 0.255. The minimum atomic E-state index is 0.255. The van der Waals surface area contributed by atoms with Gasteiger partial charge >= 0.3 is 0 Å². The maximum Gasteiger partial charge on any atom is 0.254 e. The number of piperidine rings is 1. The summed E-state index contributed by atoms with van der Waals surface area (Å²) in [5.41, 5.74) is 2.20. The van der Waals surface area contributed by atoms with E-state index in [-0.39, 0.29) is 5.91 Å². The van der Waals surface area contributed by atoms with Crippen LogP contribution in [0.5, 0.6) is 0 Å². The molecule has 2 fully saturated rings. The van der Waals surface area contributed by atoms with Gasteiger partial charge in [-0.15, -0.1) is 0 Å². The molecule has 2 aliphatic heterocycles. The van der Waals surface area contributed by atoms with Crippen molar-refractivity contribution in [3.63, 3.8) is 0 Å². The lowest BCUT2D eigenvalue weighted by Gasteiger charge is -2.38. The number of carbonyl (C=O) groups is 1. The summed E-state index contributed by atoms with van der Waals surface area (Å²) in [7, 11) is 0. The Bertz CT molecular complexity index is 484. The average Bonchev–Trinajstić information content (AvgIpc) is 2.77. The van der Waals surface area contributed by atoms with Crippen molar-refractivity contribution in [2.24, 2.45) is 0 Å². The van der Waals surface area contributed by atoms with Crippen molar-refractivity contribution in [1.82, 2.24) is 4.90 Å². The van der Waals surface area contributed by atoms with Gasteiger partial charge in [0.2, 0.25) is 0 Å². The van der Waals surface area contributed by atoms with Crippen LogP contribution in [0.4, 0.5) is 0 Å². The summed E-state index contributed by atoms with van der Waals surface area (Å²) in [4.78, 5) is 15.0. The third-order valence-corrected chi connectivity index (χ3v) is 6.05. The molecule has 0 saturated carbocycles. The molecule has 2 unspecified atom stereocenters. The van der Waals surface area contributed by atoms with Crippen molar-refractivity contribution in [2.45, 2.75) is 62.8 Å². The highest BCUT2D eigenvalue weighted by Crippen LogP contribution is 2.40. The first-order chi connectivity index (χ1) is 10.2. The van der Waals surface area contributed by atoms with E-state index in [1.807, 2.05) is 23.9 Å². The molecule has 2 aliphatic rings. The Morgan fingerprint density at radius 3 is 2.33 bits per heavy atom. The van der Waals surface area contributed by atoms with E-state index in [0.29, 0.717) is 12.1 Å². The second kappa shape index (κ2) is 6.43. The number of thioether (sulfide) groups is 1. The number of nitrogens with zero attached hydrogens (tertiary/aromatic N) is 1. The van der Waals surface area contributed by atoms with Crippen LogP contribution in [0.25, 0.3) is 0 Å². The molecule has 114 valence electrons. The number of amides is 1. The highest BCUT2D eigenvalue weighted by atomic mass is 32.2. The molecule has 0 radical (unpaired) electrons. The van der Waals surface area contributed by atoms with E-state index in [0.717, 1.165) is 23.7 Å². The monoisotopic (exact) mass is 303 g/mol. The predicted octanol–water partition coefficient (Wildman–Crippen LogP) is 4.14. The van der Waals surface area contributed by atoms with Gasteiger partial charge in [0.05, 0.1) is 0 Å². The molecule has 2 nitrogen and oxygen atoms in total. The van der Waals surface area contributed by atoms with Gasteiger partial charge < -0.3 is 4.90 Å². The van der Waals surface area contributed by atoms with Crippen molar-refractivity contribution in [1.29, 1.82) is 0 Å². The molecule has 21 heavy (non-hydrogen) atoms. The van der Waals surface area contributed by atoms with E-state index in [4.69, 9.17) is 0 Å². The highest BCUT2D eigenvalue weighted by molar-refractivity contribution is 7.99. The fraction of sp³-hybridized carbons (Fsp3) is 0.611. The Hall–Kier alpha value is -0.960. The van der Waals surface area contributed by atoms with E-state index < -0.39 is 0 Å². The first-order valence-electron chi connectivity index (χ1n) is 8.17. The lowest BCUT2D eigenvalue weighted by atomic mass is 10.00. The fourth-order valence-corrected chi connectivity index (χ4v) is 4.73. The maximum atomic E-state index is 12.8. The number of hydrogen-bond donors (Lipinski definition) is 0. The molecule has 1 aromatic carbocycles. The molecule has 2 bridgehead atoms. The second-order valence-corrected chi connectivity index (χ2v) is 7.51. The van der Waals surface area contributed by atoms with Crippen LogP contribution in [0.3, 0.4) is 0 Å². The van der Waals surface area contributed by atoms with Gasteiger partial charge in [0, 0.05) is 22.9 Å². The molecular weight excluding hydrogens is 278 g/mol. The van der Waals surface area contributed by atoms with Crippen LogP contribution in [0, 0.1) is 0 Å². The molecule has 0 aliphatic carbocycles. The zero-order valence-electron chi connectivity index (χ0n) is 13.0. The molecule has 3 heteroatoms. The Balaban J connectivity index is 1.73. The molecular formula is C18H25NOS. The van der Waals surface area contributed by atoms with Crippen LogP contribution in [0.2, 0.25) is 0 Å². The summed E-state index contributed by atoms with van der Waals surface area (Å²) >= 11 is 1.97. The fourth-order valence-electron chi connectivity index (χ4n) is 3.90. The SMILES string of the molecule is CCCc1ccc(C(=O)N2C3CCC2CC(SC)C3)cc1. The van der Waals surface area contributed by atoms with Gasteiger partial charge in [0.25, 0.3) is 5.91 Å². The van der Waals surface area contributed by atoms with E-state index in [1.165, 1.54) is 31.2 Å². The van der Waals surface area contributed by atoms with Crippen LogP contribution in [0.1, 0.15) is 54.9 Å². The van der Waals surface area contributed by atoms with E-state index >= 15 is 0 Å². The van der Waals surface area contributed by atoms with Crippen LogP contribution >= 0.6 is 11.8 Å². The number of benzene rings is 1. The molecule has 2 heterocycles. The smallest absolute Gasteiger partial charge is 0.254 e. The molecule has 2 saturated heterocycles. The van der Waals surface area contributed by atoms with Crippen molar-refractivity contribution >= 4 is 17.7 Å². The first kappa shape index (κ1) is 15.0. The molecule has 0 spiro atoms. The van der Waals surface area contributed by atoms with Gasteiger partial charge in [0.1, 0.15) is 0 Å². The van der Waals surface area contributed by atoms with Crippen LogP contribution < -0.4 is 0 Å². The zero-order chi connectivity index (χ0) is 14.8. The zero-order valence-corrected chi connectivity index (χ0v) is 13.9. The summed E-state index contributed by atoms with van der Waals surface area (Å²) in [5, 5.41) is 0.749. The topological polar surface area (TPSA) is 20.3 Å². The Morgan fingerprint density at radius 2 is 1.81 bits per heavy atom. The lowest BCUT2D eigenvalue weighted by molar-refractivity contribution is 0.0601. The number of fused-ring (bicyclic) bond motifs is 2. The van der Waals surface area contributed by atoms with Crippen molar-refractivity contribution < 1.29 is 4.79 Å². The molecule has 1 amide bonds. The summed E-state index contributed by atoms with van der Waals surface area (Å²) in [5.74, 6) is 0.255. The Kier molecular flexibility index (Phi) is 4.58. The standard InChI is InChI=1S/C18H25NOS/c1-3-4-13-5-7-14(8-6-13)18(20)19-15-9-10-16(19)12-17(11-15)21-2/h5-8,15-17H,3-4,9-12H2,1-2H3. The Morgan fingerprint density at radius 1 is 1.19 bits per heavy atom. The quantitative estimate of drug-likeness (QED) is 0.833. The number of hydrogen-bond acceptors (Lipinski definition) is 2. The van der Waals surface area contributed by atoms with Crippen molar-refractivity contribution in [2.75, 3.05) is 6.26 Å².